The summed E-state index contributed by atoms with van der Waals surface area (Å²) in [6.45, 7) is 3.13. The van der Waals surface area contributed by atoms with Crippen LogP contribution in [0.15, 0.2) is 24.3 Å². The van der Waals surface area contributed by atoms with Gasteiger partial charge in [0.1, 0.15) is 5.75 Å². The number of hydrogen-bond donors (Lipinski definition) is 2. The third-order valence-electron chi connectivity index (χ3n) is 2.70. The highest BCUT2D eigenvalue weighted by molar-refractivity contribution is 5.29. The summed E-state index contributed by atoms with van der Waals surface area (Å²) in [5, 5.41) is 12.9. The first-order valence-electron chi connectivity index (χ1n) is 6.32. The van der Waals surface area contributed by atoms with E-state index in [0.29, 0.717) is 6.54 Å². The summed E-state index contributed by atoms with van der Waals surface area (Å²) in [5.74, 6) is 0.149. The van der Waals surface area contributed by atoms with Crippen molar-refractivity contribution in [2.75, 3.05) is 6.54 Å². The van der Waals surface area contributed by atoms with Gasteiger partial charge in [0.15, 0.2) is 0 Å². The Morgan fingerprint density at radius 2 is 1.84 bits per heavy atom. The molecule has 0 spiro atoms. The topological polar surface area (TPSA) is 41.5 Å². The van der Waals surface area contributed by atoms with Crippen LogP contribution in [0.4, 0.5) is 8.78 Å². The molecule has 5 heteroatoms. The summed E-state index contributed by atoms with van der Waals surface area (Å²) in [6.07, 6.45) is 0.838. The SMILES string of the molecule is CCC(NCC(C)(C)O)c1ccc(OC(F)F)cc1. The molecular weight excluding hydrogens is 252 g/mol. The smallest absolute Gasteiger partial charge is 0.387 e. The van der Waals surface area contributed by atoms with Crippen molar-refractivity contribution in [3.63, 3.8) is 0 Å². The van der Waals surface area contributed by atoms with Crippen LogP contribution in [-0.4, -0.2) is 23.9 Å². The minimum atomic E-state index is -2.80. The monoisotopic (exact) mass is 273 g/mol. The Bertz CT molecular complexity index is 374. The highest BCUT2D eigenvalue weighted by Crippen LogP contribution is 2.21. The van der Waals surface area contributed by atoms with E-state index in [-0.39, 0.29) is 11.8 Å². The van der Waals surface area contributed by atoms with E-state index in [9.17, 15) is 13.9 Å². The van der Waals surface area contributed by atoms with E-state index in [4.69, 9.17) is 0 Å². The van der Waals surface area contributed by atoms with Crippen LogP contribution in [0.2, 0.25) is 0 Å². The number of hydrogen-bond acceptors (Lipinski definition) is 3. The number of benzene rings is 1. The van der Waals surface area contributed by atoms with Crippen molar-refractivity contribution in [1.82, 2.24) is 5.32 Å². The van der Waals surface area contributed by atoms with Crippen molar-refractivity contribution in [2.45, 2.75) is 45.4 Å². The molecule has 1 unspecified atom stereocenters. The predicted octanol–water partition coefficient (Wildman–Crippen LogP) is 3.10. The minimum Gasteiger partial charge on any atom is -0.435 e. The Hall–Kier alpha value is -1.20. The van der Waals surface area contributed by atoms with E-state index < -0.39 is 12.2 Å². The Balaban J connectivity index is 2.66. The molecule has 0 bridgehead atoms. The van der Waals surface area contributed by atoms with Crippen molar-refractivity contribution in [3.8, 4) is 5.75 Å². The Kier molecular flexibility index (Phi) is 5.69. The Morgan fingerprint density at radius 3 is 2.26 bits per heavy atom. The largest absolute Gasteiger partial charge is 0.435 e. The van der Waals surface area contributed by atoms with Gasteiger partial charge >= 0.3 is 6.61 Å². The first-order chi connectivity index (χ1) is 8.81. The zero-order chi connectivity index (χ0) is 14.5. The van der Waals surface area contributed by atoms with Crippen LogP contribution < -0.4 is 10.1 Å². The third kappa shape index (κ3) is 5.98. The average Bonchev–Trinajstić information content (AvgIpc) is 2.29. The quantitative estimate of drug-likeness (QED) is 0.802. The molecule has 0 saturated carbocycles. The first kappa shape index (κ1) is 15.9. The van der Waals surface area contributed by atoms with Crippen LogP contribution in [0.5, 0.6) is 5.75 Å². The number of ether oxygens (including phenoxy) is 1. The van der Waals surface area contributed by atoms with Crippen LogP contribution in [0.1, 0.15) is 38.8 Å². The first-order valence-corrected chi connectivity index (χ1v) is 6.32. The van der Waals surface area contributed by atoms with Gasteiger partial charge in [-0.3, -0.25) is 0 Å². The van der Waals surface area contributed by atoms with Gasteiger partial charge in [-0.25, -0.2) is 0 Å². The van der Waals surface area contributed by atoms with Gasteiger partial charge in [0, 0.05) is 12.6 Å². The maximum atomic E-state index is 12.0. The molecule has 108 valence electrons. The number of aliphatic hydroxyl groups is 1. The number of rotatable bonds is 7. The lowest BCUT2D eigenvalue weighted by Crippen LogP contribution is -2.36. The van der Waals surface area contributed by atoms with Crippen molar-refractivity contribution in [2.24, 2.45) is 0 Å². The second kappa shape index (κ2) is 6.82. The summed E-state index contributed by atoms with van der Waals surface area (Å²) in [5.41, 5.74) is 0.194. The molecule has 1 atom stereocenters. The van der Waals surface area contributed by atoms with Crippen LogP contribution in [-0.2, 0) is 0 Å². The zero-order valence-corrected chi connectivity index (χ0v) is 11.5. The van der Waals surface area contributed by atoms with Crippen molar-refractivity contribution in [3.05, 3.63) is 29.8 Å². The summed E-state index contributed by atoms with van der Waals surface area (Å²) in [6, 6.07) is 6.63. The van der Waals surface area contributed by atoms with Gasteiger partial charge in [0.2, 0.25) is 0 Å². The molecule has 0 aliphatic heterocycles. The van der Waals surface area contributed by atoms with Crippen molar-refractivity contribution >= 4 is 0 Å². The lowest BCUT2D eigenvalue weighted by Gasteiger charge is -2.23. The van der Waals surface area contributed by atoms with Crippen molar-refractivity contribution < 1.29 is 18.6 Å². The molecule has 0 heterocycles. The molecule has 0 aromatic heterocycles. The van der Waals surface area contributed by atoms with E-state index >= 15 is 0 Å². The molecule has 0 fully saturated rings. The number of halogens is 2. The third-order valence-corrected chi connectivity index (χ3v) is 2.70. The summed E-state index contributed by atoms with van der Waals surface area (Å²) in [7, 11) is 0. The second-order valence-corrected chi connectivity index (χ2v) is 5.10. The average molecular weight is 273 g/mol. The Morgan fingerprint density at radius 1 is 1.26 bits per heavy atom. The molecule has 3 nitrogen and oxygen atoms in total. The molecule has 0 radical (unpaired) electrons. The van der Waals surface area contributed by atoms with E-state index in [1.807, 2.05) is 6.92 Å². The van der Waals surface area contributed by atoms with Gasteiger partial charge in [-0.15, -0.1) is 0 Å². The van der Waals surface area contributed by atoms with Crippen LogP contribution in [0.3, 0.4) is 0 Å². The maximum absolute atomic E-state index is 12.0. The lowest BCUT2D eigenvalue weighted by molar-refractivity contribution is -0.0498. The molecule has 2 N–H and O–H groups in total. The standard InChI is InChI=1S/C14H21F2NO2/c1-4-12(17-9-14(2,3)18)10-5-7-11(8-6-10)19-13(15)16/h5-8,12-13,17-18H,4,9H2,1-3H3. The molecule has 0 aliphatic carbocycles. The van der Waals surface area contributed by atoms with Crippen molar-refractivity contribution in [1.29, 1.82) is 0 Å². The fourth-order valence-corrected chi connectivity index (χ4v) is 1.75. The Labute approximate surface area is 112 Å². The molecule has 0 saturated heterocycles. The fourth-order valence-electron chi connectivity index (χ4n) is 1.75. The molecule has 0 aliphatic rings. The van der Waals surface area contributed by atoms with E-state index in [0.717, 1.165) is 12.0 Å². The van der Waals surface area contributed by atoms with E-state index in [1.54, 1.807) is 26.0 Å². The molecular formula is C14H21F2NO2. The second-order valence-electron chi connectivity index (χ2n) is 5.10. The van der Waals surface area contributed by atoms with Crippen LogP contribution in [0.25, 0.3) is 0 Å². The predicted molar refractivity (Wildman–Crippen MR) is 70.4 cm³/mol. The molecule has 1 aromatic rings. The molecule has 1 aromatic carbocycles. The normalized spacial score (nSPS) is 13.6. The van der Waals surface area contributed by atoms with Gasteiger partial charge < -0.3 is 15.2 Å². The van der Waals surface area contributed by atoms with Gasteiger partial charge in [0.05, 0.1) is 5.60 Å². The zero-order valence-electron chi connectivity index (χ0n) is 11.5. The number of nitrogens with one attached hydrogen (secondary N) is 1. The highest BCUT2D eigenvalue weighted by Gasteiger charge is 2.16. The highest BCUT2D eigenvalue weighted by atomic mass is 19.3. The van der Waals surface area contributed by atoms with Gasteiger partial charge in [-0.05, 0) is 38.0 Å². The van der Waals surface area contributed by atoms with E-state index in [2.05, 4.69) is 10.1 Å². The molecule has 19 heavy (non-hydrogen) atoms. The number of alkyl halides is 2. The van der Waals surface area contributed by atoms with Crippen LogP contribution in [0, 0.1) is 0 Å². The summed E-state index contributed by atoms with van der Waals surface area (Å²) < 4.78 is 28.4. The van der Waals surface area contributed by atoms with Gasteiger partial charge in [0.25, 0.3) is 0 Å². The molecule has 0 amide bonds. The minimum absolute atomic E-state index is 0.0759. The fraction of sp³-hybridized carbons (Fsp3) is 0.571. The summed E-state index contributed by atoms with van der Waals surface area (Å²) in [4.78, 5) is 0. The maximum Gasteiger partial charge on any atom is 0.387 e. The molecule has 1 rings (SSSR count). The van der Waals surface area contributed by atoms with Crippen LogP contribution >= 0.6 is 0 Å². The van der Waals surface area contributed by atoms with Gasteiger partial charge in [-0.2, -0.15) is 8.78 Å². The summed E-state index contributed by atoms with van der Waals surface area (Å²) >= 11 is 0. The lowest BCUT2D eigenvalue weighted by atomic mass is 10.0. The van der Waals surface area contributed by atoms with E-state index in [1.165, 1.54) is 12.1 Å². The van der Waals surface area contributed by atoms with Gasteiger partial charge in [-0.1, -0.05) is 19.1 Å².